The number of anilines is 1. The van der Waals surface area contributed by atoms with Crippen LogP contribution in [0.4, 0.5) is 5.82 Å². The van der Waals surface area contributed by atoms with Gasteiger partial charge in [0.1, 0.15) is 21.2 Å². The van der Waals surface area contributed by atoms with Gasteiger partial charge in [0, 0.05) is 31.1 Å². The van der Waals surface area contributed by atoms with Crippen LogP contribution >= 0.6 is 22.7 Å². The lowest BCUT2D eigenvalue weighted by Crippen LogP contribution is -2.48. The number of piperazine rings is 1. The first-order valence-corrected chi connectivity index (χ1v) is 11.8. The van der Waals surface area contributed by atoms with Crippen LogP contribution in [0.15, 0.2) is 28.0 Å². The Labute approximate surface area is 160 Å². The predicted molar refractivity (Wildman–Crippen MR) is 105 cm³/mol. The van der Waals surface area contributed by atoms with E-state index < -0.39 is 10.0 Å². The third kappa shape index (κ3) is 2.57. The first kappa shape index (κ1) is 16.6. The normalized spacial score (nSPS) is 18.5. The molecule has 0 radical (unpaired) electrons. The van der Waals surface area contributed by atoms with Crippen molar-refractivity contribution in [2.45, 2.75) is 23.5 Å². The molecule has 0 amide bonds. The van der Waals surface area contributed by atoms with Crippen molar-refractivity contribution in [2.24, 2.45) is 0 Å². The van der Waals surface area contributed by atoms with Gasteiger partial charge >= 0.3 is 0 Å². The topological polar surface area (TPSA) is 66.4 Å². The van der Waals surface area contributed by atoms with Gasteiger partial charge < -0.3 is 4.90 Å². The number of sulfonamides is 1. The summed E-state index contributed by atoms with van der Waals surface area (Å²) in [6, 6.07) is 3.46. The van der Waals surface area contributed by atoms with Gasteiger partial charge in [0.05, 0.1) is 5.39 Å². The van der Waals surface area contributed by atoms with Crippen molar-refractivity contribution >= 4 is 48.7 Å². The summed E-state index contributed by atoms with van der Waals surface area (Å²) >= 11 is 3.06. The summed E-state index contributed by atoms with van der Waals surface area (Å²) < 4.78 is 27.4. The molecular weight excluding hydrogens is 388 g/mol. The molecule has 0 aromatic carbocycles. The van der Waals surface area contributed by atoms with Crippen LogP contribution in [-0.2, 0) is 22.9 Å². The Morgan fingerprint density at radius 3 is 2.69 bits per heavy atom. The van der Waals surface area contributed by atoms with Gasteiger partial charge in [0.2, 0.25) is 0 Å². The predicted octanol–water partition coefficient (Wildman–Crippen LogP) is 2.75. The van der Waals surface area contributed by atoms with Gasteiger partial charge in [-0.3, -0.25) is 0 Å². The zero-order valence-electron chi connectivity index (χ0n) is 14.1. The quantitative estimate of drug-likeness (QED) is 0.669. The molecule has 136 valence electrons. The van der Waals surface area contributed by atoms with Gasteiger partial charge in [-0.15, -0.1) is 22.7 Å². The second kappa shape index (κ2) is 6.26. The lowest BCUT2D eigenvalue weighted by atomic mass is 10.1. The van der Waals surface area contributed by atoms with Crippen LogP contribution in [0.1, 0.15) is 16.9 Å². The Morgan fingerprint density at radius 1 is 1.08 bits per heavy atom. The van der Waals surface area contributed by atoms with Crippen LogP contribution in [0.5, 0.6) is 0 Å². The first-order valence-electron chi connectivity index (χ1n) is 8.68. The van der Waals surface area contributed by atoms with Crippen molar-refractivity contribution < 1.29 is 8.42 Å². The highest BCUT2D eigenvalue weighted by Crippen LogP contribution is 2.40. The molecule has 0 atom stereocenters. The van der Waals surface area contributed by atoms with E-state index in [1.807, 2.05) is 0 Å². The zero-order valence-corrected chi connectivity index (χ0v) is 16.5. The lowest BCUT2D eigenvalue weighted by molar-refractivity contribution is 0.385. The van der Waals surface area contributed by atoms with E-state index in [2.05, 4.69) is 14.9 Å². The summed E-state index contributed by atoms with van der Waals surface area (Å²) in [4.78, 5) is 13.8. The van der Waals surface area contributed by atoms with Crippen LogP contribution in [0.25, 0.3) is 10.2 Å². The number of rotatable bonds is 3. The number of hydrogen-bond donors (Lipinski definition) is 0. The average Bonchev–Trinajstić information content (AvgIpc) is 3.38. The van der Waals surface area contributed by atoms with Crippen LogP contribution in [0.3, 0.4) is 0 Å². The van der Waals surface area contributed by atoms with Crippen LogP contribution in [0.2, 0.25) is 0 Å². The third-order valence-electron chi connectivity index (χ3n) is 5.11. The van der Waals surface area contributed by atoms with Gasteiger partial charge in [-0.2, -0.15) is 4.31 Å². The number of fused-ring (bicyclic) bond motifs is 3. The molecule has 1 fully saturated rings. The maximum Gasteiger partial charge on any atom is 0.252 e. The SMILES string of the molecule is O=S(=O)(c1cccs1)N1CCN(c2ncnc3sc4c(c23)CCC4)CC1. The summed E-state index contributed by atoms with van der Waals surface area (Å²) in [6.45, 7) is 2.28. The van der Waals surface area contributed by atoms with Crippen molar-refractivity contribution in [1.82, 2.24) is 14.3 Å². The van der Waals surface area contributed by atoms with E-state index in [-0.39, 0.29) is 0 Å². The standard InChI is InChI=1S/C17H18N4O2S3/c22-26(23,14-5-2-10-24-14)21-8-6-20(7-9-21)16-15-12-3-1-4-13(12)25-17(15)19-11-18-16/h2,5,10-11H,1,3-4,6-9H2. The van der Waals surface area contributed by atoms with Crippen LogP contribution < -0.4 is 4.90 Å². The molecule has 1 saturated heterocycles. The number of aryl methyl sites for hydroxylation is 2. The Kier molecular flexibility index (Phi) is 4.00. The van der Waals surface area contributed by atoms with Crippen molar-refractivity contribution in [3.8, 4) is 0 Å². The maximum atomic E-state index is 12.7. The Hall–Kier alpha value is -1.55. The lowest BCUT2D eigenvalue weighted by Gasteiger charge is -2.34. The molecule has 0 bridgehead atoms. The number of hydrogen-bond acceptors (Lipinski definition) is 7. The summed E-state index contributed by atoms with van der Waals surface area (Å²) in [5.41, 5.74) is 1.41. The summed E-state index contributed by atoms with van der Waals surface area (Å²) in [5, 5.41) is 3.00. The first-order chi connectivity index (χ1) is 12.6. The van der Waals surface area contributed by atoms with Crippen LogP contribution in [-0.4, -0.2) is 48.9 Å². The van der Waals surface area contributed by atoms with Gasteiger partial charge in [0.25, 0.3) is 10.0 Å². The molecule has 0 saturated carbocycles. The zero-order chi connectivity index (χ0) is 17.7. The monoisotopic (exact) mass is 406 g/mol. The van der Waals surface area contributed by atoms with E-state index in [1.165, 1.54) is 33.6 Å². The van der Waals surface area contributed by atoms with Crippen molar-refractivity contribution in [2.75, 3.05) is 31.1 Å². The fourth-order valence-corrected chi connectivity index (χ4v) is 7.62. The van der Waals surface area contributed by atoms with Gasteiger partial charge in [0.15, 0.2) is 0 Å². The molecule has 2 aliphatic rings. The average molecular weight is 407 g/mol. The maximum absolute atomic E-state index is 12.7. The van der Waals surface area contributed by atoms with E-state index in [1.54, 1.807) is 39.5 Å². The minimum Gasteiger partial charge on any atom is -0.353 e. The van der Waals surface area contributed by atoms with Gasteiger partial charge in [-0.25, -0.2) is 18.4 Å². The molecule has 5 rings (SSSR count). The summed E-state index contributed by atoms with van der Waals surface area (Å²) in [7, 11) is -3.37. The van der Waals surface area contributed by atoms with Crippen LogP contribution in [0, 0.1) is 0 Å². The molecule has 3 aromatic rings. The van der Waals surface area contributed by atoms with E-state index in [0.717, 1.165) is 23.5 Å². The van der Waals surface area contributed by atoms with Gasteiger partial charge in [-0.1, -0.05) is 6.07 Å². The fourth-order valence-electron chi connectivity index (χ4n) is 3.83. The number of nitrogens with zero attached hydrogens (tertiary/aromatic N) is 4. The largest absolute Gasteiger partial charge is 0.353 e. The molecule has 0 unspecified atom stereocenters. The van der Waals surface area contributed by atoms with Crippen molar-refractivity contribution in [3.05, 3.63) is 34.3 Å². The number of thiophene rings is 2. The summed E-state index contributed by atoms with van der Waals surface area (Å²) in [6.07, 6.45) is 5.08. The molecule has 4 heterocycles. The molecule has 0 spiro atoms. The Bertz CT molecular complexity index is 1050. The van der Waals surface area contributed by atoms with E-state index in [4.69, 9.17) is 0 Å². The molecule has 26 heavy (non-hydrogen) atoms. The highest BCUT2D eigenvalue weighted by Gasteiger charge is 2.31. The molecule has 9 heteroatoms. The van der Waals surface area contributed by atoms with Crippen molar-refractivity contribution in [1.29, 1.82) is 0 Å². The van der Waals surface area contributed by atoms with E-state index >= 15 is 0 Å². The second-order valence-electron chi connectivity index (χ2n) is 6.56. The molecular formula is C17H18N4O2S3. The van der Waals surface area contributed by atoms with Crippen molar-refractivity contribution in [3.63, 3.8) is 0 Å². The summed E-state index contributed by atoms with van der Waals surface area (Å²) in [5.74, 6) is 0.975. The highest BCUT2D eigenvalue weighted by atomic mass is 32.2. The minimum atomic E-state index is -3.37. The number of aromatic nitrogens is 2. The molecule has 3 aromatic heterocycles. The highest BCUT2D eigenvalue weighted by molar-refractivity contribution is 7.91. The molecule has 0 N–H and O–H groups in total. The Morgan fingerprint density at radius 2 is 1.92 bits per heavy atom. The minimum absolute atomic E-state index is 0.422. The van der Waals surface area contributed by atoms with E-state index in [9.17, 15) is 8.42 Å². The molecule has 6 nitrogen and oxygen atoms in total. The third-order valence-corrected chi connectivity index (χ3v) is 9.58. The molecule has 1 aliphatic carbocycles. The fraction of sp³-hybridized carbons (Fsp3) is 0.412. The van der Waals surface area contributed by atoms with Gasteiger partial charge in [-0.05, 0) is 36.3 Å². The Balaban J connectivity index is 1.42. The smallest absolute Gasteiger partial charge is 0.252 e. The second-order valence-corrected chi connectivity index (χ2v) is 10.8. The molecule has 1 aliphatic heterocycles. The van der Waals surface area contributed by atoms with E-state index in [0.29, 0.717) is 30.4 Å².